The lowest BCUT2D eigenvalue weighted by atomic mass is 10.0. The van der Waals surface area contributed by atoms with Gasteiger partial charge in [0.05, 0.1) is 16.7 Å². The molecular formula is C30H30N4O3. The van der Waals surface area contributed by atoms with E-state index in [9.17, 15) is 4.79 Å². The molecule has 0 bridgehead atoms. The Morgan fingerprint density at radius 1 is 1.00 bits per heavy atom. The predicted octanol–water partition coefficient (Wildman–Crippen LogP) is 6.78. The van der Waals surface area contributed by atoms with Gasteiger partial charge in [-0.15, -0.1) is 0 Å². The average Bonchev–Trinajstić information content (AvgIpc) is 3.39. The number of carbonyl (C=O) groups is 1. The number of imidazole rings is 2. The smallest absolute Gasteiger partial charge is 0.449 e. The molecule has 0 amide bonds. The van der Waals surface area contributed by atoms with E-state index >= 15 is 0 Å². The van der Waals surface area contributed by atoms with Crippen LogP contribution in [0.2, 0.25) is 0 Å². The molecule has 7 heteroatoms. The van der Waals surface area contributed by atoms with Crippen molar-refractivity contribution in [3.8, 4) is 28.1 Å². The van der Waals surface area contributed by atoms with Crippen LogP contribution in [0.25, 0.3) is 33.4 Å². The molecule has 0 unspecified atom stereocenters. The van der Waals surface area contributed by atoms with Gasteiger partial charge in [0.15, 0.2) is 0 Å². The standard InChI is InChI=1S/C30H30N4O3/c1-5-8-28-32-29-19(2)15-23(25-18-33(4)20(3)31-25)16-26(29)34(28)17-21-11-13-22(14-12-21)24-9-6-7-10-27(24)37-30(35)36/h6-7,9-16,18H,5,8,17H2,1-4H3,(H,35,36). The predicted molar refractivity (Wildman–Crippen MR) is 145 cm³/mol. The van der Waals surface area contributed by atoms with Gasteiger partial charge in [0.25, 0.3) is 0 Å². The Hall–Kier alpha value is -4.39. The van der Waals surface area contributed by atoms with E-state index in [-0.39, 0.29) is 0 Å². The van der Waals surface area contributed by atoms with Crippen molar-refractivity contribution in [3.63, 3.8) is 0 Å². The number of rotatable bonds is 7. The fourth-order valence-corrected chi connectivity index (χ4v) is 4.74. The van der Waals surface area contributed by atoms with E-state index in [1.807, 2.05) is 42.8 Å². The Balaban J connectivity index is 1.53. The maximum atomic E-state index is 11.1. The molecule has 0 radical (unpaired) electrons. The summed E-state index contributed by atoms with van der Waals surface area (Å²) in [5, 5.41) is 9.07. The third-order valence-corrected chi connectivity index (χ3v) is 6.69. The average molecular weight is 495 g/mol. The Labute approximate surface area is 216 Å². The number of hydrogen-bond donors (Lipinski definition) is 1. The normalized spacial score (nSPS) is 11.2. The molecule has 37 heavy (non-hydrogen) atoms. The monoisotopic (exact) mass is 494 g/mol. The second-order valence-corrected chi connectivity index (χ2v) is 9.37. The molecule has 0 saturated carbocycles. The van der Waals surface area contributed by atoms with Gasteiger partial charge in [-0.25, -0.2) is 14.8 Å². The Kier molecular flexibility index (Phi) is 6.53. The summed E-state index contributed by atoms with van der Waals surface area (Å²) in [5.41, 5.74) is 8.08. The summed E-state index contributed by atoms with van der Waals surface area (Å²) in [6.45, 7) is 6.97. The molecule has 2 aromatic heterocycles. The lowest BCUT2D eigenvalue weighted by Gasteiger charge is -2.12. The topological polar surface area (TPSA) is 82.2 Å². The van der Waals surface area contributed by atoms with Crippen LogP contribution in [0.4, 0.5) is 4.79 Å². The van der Waals surface area contributed by atoms with Crippen molar-refractivity contribution in [1.82, 2.24) is 19.1 Å². The minimum atomic E-state index is -1.32. The number of hydrogen-bond acceptors (Lipinski definition) is 4. The summed E-state index contributed by atoms with van der Waals surface area (Å²) in [4.78, 5) is 20.9. The van der Waals surface area contributed by atoms with E-state index in [1.54, 1.807) is 12.1 Å². The minimum Gasteiger partial charge on any atom is -0.449 e. The van der Waals surface area contributed by atoms with Crippen LogP contribution in [0.15, 0.2) is 66.9 Å². The van der Waals surface area contributed by atoms with Gasteiger partial charge in [-0.3, -0.25) is 0 Å². The van der Waals surface area contributed by atoms with Gasteiger partial charge >= 0.3 is 6.16 Å². The van der Waals surface area contributed by atoms with Crippen LogP contribution in [-0.2, 0) is 20.0 Å². The number of fused-ring (bicyclic) bond motifs is 1. The molecule has 3 aromatic carbocycles. The van der Waals surface area contributed by atoms with Crippen LogP contribution in [0.1, 0.15) is 36.1 Å². The molecule has 188 valence electrons. The molecule has 0 fully saturated rings. The van der Waals surface area contributed by atoms with Crippen molar-refractivity contribution in [2.75, 3.05) is 0 Å². The summed E-state index contributed by atoms with van der Waals surface area (Å²) in [7, 11) is 2.01. The van der Waals surface area contributed by atoms with Crippen LogP contribution >= 0.6 is 0 Å². The minimum absolute atomic E-state index is 0.321. The maximum absolute atomic E-state index is 11.1. The fraction of sp³-hybridized carbons (Fsp3) is 0.233. The van der Waals surface area contributed by atoms with Crippen molar-refractivity contribution < 1.29 is 14.6 Å². The number of carboxylic acid groups (broad SMARTS) is 1. The number of benzene rings is 3. The van der Waals surface area contributed by atoms with E-state index in [0.29, 0.717) is 12.3 Å². The molecule has 5 rings (SSSR count). The highest BCUT2D eigenvalue weighted by Gasteiger charge is 2.16. The molecular weight excluding hydrogens is 464 g/mol. The number of aryl methyl sites for hydroxylation is 4. The van der Waals surface area contributed by atoms with Crippen molar-refractivity contribution in [2.45, 2.75) is 40.2 Å². The summed E-state index contributed by atoms with van der Waals surface area (Å²) in [5.74, 6) is 2.36. The fourth-order valence-electron chi connectivity index (χ4n) is 4.74. The van der Waals surface area contributed by atoms with Crippen LogP contribution in [0, 0.1) is 13.8 Å². The Morgan fingerprint density at radius 2 is 1.76 bits per heavy atom. The van der Waals surface area contributed by atoms with Gasteiger partial charge in [0.1, 0.15) is 17.4 Å². The molecule has 0 aliphatic rings. The number of para-hydroxylation sites is 1. The Bertz CT molecular complexity index is 1580. The maximum Gasteiger partial charge on any atom is 0.511 e. The molecule has 2 heterocycles. The summed E-state index contributed by atoms with van der Waals surface area (Å²) >= 11 is 0. The third kappa shape index (κ3) is 4.85. The van der Waals surface area contributed by atoms with E-state index in [0.717, 1.165) is 69.0 Å². The number of nitrogens with zero attached hydrogens (tertiary/aromatic N) is 4. The van der Waals surface area contributed by atoms with Crippen LogP contribution in [-0.4, -0.2) is 30.4 Å². The summed E-state index contributed by atoms with van der Waals surface area (Å²) in [6, 6.07) is 19.7. The zero-order valence-corrected chi connectivity index (χ0v) is 21.5. The van der Waals surface area contributed by atoms with Crippen molar-refractivity contribution in [2.24, 2.45) is 7.05 Å². The molecule has 0 saturated heterocycles. The second kappa shape index (κ2) is 9.93. The van der Waals surface area contributed by atoms with Gasteiger partial charge in [-0.2, -0.15) is 0 Å². The van der Waals surface area contributed by atoms with Crippen LogP contribution in [0.3, 0.4) is 0 Å². The molecule has 0 aliphatic carbocycles. The zero-order chi connectivity index (χ0) is 26.1. The number of aromatic nitrogens is 4. The van der Waals surface area contributed by atoms with Gasteiger partial charge in [0.2, 0.25) is 0 Å². The third-order valence-electron chi connectivity index (χ3n) is 6.69. The molecule has 1 N–H and O–H groups in total. The highest BCUT2D eigenvalue weighted by Crippen LogP contribution is 2.32. The molecule has 5 aromatic rings. The first kappa shape index (κ1) is 24.3. The SMILES string of the molecule is CCCc1nc2c(C)cc(-c3cn(C)c(C)n3)cc2n1Cc1ccc(-c2ccccc2OC(=O)O)cc1. The highest BCUT2D eigenvalue weighted by atomic mass is 16.7. The van der Waals surface area contributed by atoms with Gasteiger partial charge in [-0.05, 0) is 55.2 Å². The summed E-state index contributed by atoms with van der Waals surface area (Å²) < 4.78 is 9.32. The van der Waals surface area contributed by atoms with E-state index in [2.05, 4.69) is 48.9 Å². The summed E-state index contributed by atoms with van der Waals surface area (Å²) in [6.07, 6.45) is 2.64. The molecule has 0 spiro atoms. The van der Waals surface area contributed by atoms with Gasteiger partial charge in [0, 0.05) is 37.3 Å². The number of ether oxygens (including phenoxy) is 1. The van der Waals surface area contributed by atoms with Crippen molar-refractivity contribution in [3.05, 3.63) is 89.6 Å². The first-order chi connectivity index (χ1) is 17.8. The quantitative estimate of drug-likeness (QED) is 0.199. The van der Waals surface area contributed by atoms with E-state index in [1.165, 1.54) is 0 Å². The zero-order valence-electron chi connectivity index (χ0n) is 21.5. The first-order valence-corrected chi connectivity index (χ1v) is 12.4. The van der Waals surface area contributed by atoms with Crippen molar-refractivity contribution in [1.29, 1.82) is 0 Å². The molecule has 0 atom stereocenters. The molecule has 7 nitrogen and oxygen atoms in total. The Morgan fingerprint density at radius 3 is 2.43 bits per heavy atom. The van der Waals surface area contributed by atoms with E-state index < -0.39 is 6.16 Å². The second-order valence-electron chi connectivity index (χ2n) is 9.37. The first-order valence-electron chi connectivity index (χ1n) is 12.4. The molecule has 0 aliphatic heterocycles. The highest BCUT2D eigenvalue weighted by molar-refractivity contribution is 5.85. The van der Waals surface area contributed by atoms with Gasteiger partial charge < -0.3 is 19.0 Å². The van der Waals surface area contributed by atoms with Gasteiger partial charge in [-0.1, -0.05) is 49.4 Å². The lowest BCUT2D eigenvalue weighted by molar-refractivity contribution is 0.144. The van der Waals surface area contributed by atoms with Crippen molar-refractivity contribution >= 4 is 17.2 Å². The van der Waals surface area contributed by atoms with Crippen LogP contribution < -0.4 is 4.74 Å². The van der Waals surface area contributed by atoms with E-state index in [4.69, 9.17) is 19.8 Å². The van der Waals surface area contributed by atoms with Crippen LogP contribution in [0.5, 0.6) is 5.75 Å². The lowest BCUT2D eigenvalue weighted by Crippen LogP contribution is -2.05. The largest absolute Gasteiger partial charge is 0.511 e.